The molecule has 6 atom stereocenters. The van der Waals surface area contributed by atoms with Crippen LogP contribution >= 0.6 is 0 Å². The summed E-state index contributed by atoms with van der Waals surface area (Å²) in [6.45, 7) is 20.2. The minimum Gasteiger partial charge on any atom is -0.0628 e. The lowest BCUT2D eigenvalue weighted by atomic mass is 9.46. The molecular weight excluding hydrogens is 360 g/mol. The average molecular weight is 419 g/mol. The van der Waals surface area contributed by atoms with Crippen LogP contribution in [0.4, 0.5) is 0 Å². The first kappa shape index (κ1) is 26.3. The predicted octanol–water partition coefficient (Wildman–Crippen LogP) is 10.3. The Morgan fingerprint density at radius 3 is 1.90 bits per heavy atom. The zero-order valence-corrected chi connectivity index (χ0v) is 22.4. The maximum Gasteiger partial charge on any atom is -0.0262 e. The first-order valence-corrected chi connectivity index (χ1v) is 14.1. The van der Waals surface area contributed by atoms with Crippen molar-refractivity contribution in [3.8, 4) is 0 Å². The van der Waals surface area contributed by atoms with Crippen molar-refractivity contribution in [3.63, 3.8) is 0 Å². The lowest BCUT2D eigenvalue weighted by Crippen LogP contribution is -2.51. The Balaban J connectivity index is 1.70. The van der Waals surface area contributed by atoms with E-state index in [-0.39, 0.29) is 0 Å². The van der Waals surface area contributed by atoms with E-state index >= 15 is 0 Å². The largest absolute Gasteiger partial charge is 0.0628 e. The minimum absolute atomic E-state index is 0.574. The van der Waals surface area contributed by atoms with Crippen molar-refractivity contribution in [2.45, 2.75) is 145 Å². The van der Waals surface area contributed by atoms with E-state index in [2.05, 4.69) is 55.4 Å². The Kier molecular flexibility index (Phi) is 10.3. The lowest BCUT2D eigenvalue weighted by Gasteiger charge is -2.59. The molecule has 30 heavy (non-hydrogen) atoms. The second-order valence-corrected chi connectivity index (χ2v) is 13.5. The lowest BCUT2D eigenvalue weighted by molar-refractivity contribution is -0.0966. The molecule has 0 heteroatoms. The van der Waals surface area contributed by atoms with E-state index in [0.717, 1.165) is 35.5 Å². The summed E-state index contributed by atoms with van der Waals surface area (Å²) in [5.41, 5.74) is 1.19. The zero-order chi connectivity index (χ0) is 22.4. The molecule has 2 fully saturated rings. The molecule has 0 amide bonds. The van der Waals surface area contributed by atoms with Crippen molar-refractivity contribution in [3.05, 3.63) is 0 Å². The topological polar surface area (TPSA) is 0 Å². The van der Waals surface area contributed by atoms with Crippen LogP contribution in [0.1, 0.15) is 145 Å². The van der Waals surface area contributed by atoms with Gasteiger partial charge in [0.1, 0.15) is 0 Å². The van der Waals surface area contributed by atoms with Crippen molar-refractivity contribution in [2.24, 2.45) is 46.3 Å². The molecule has 0 saturated heterocycles. The van der Waals surface area contributed by atoms with E-state index in [9.17, 15) is 0 Å². The van der Waals surface area contributed by atoms with E-state index in [1.54, 1.807) is 0 Å². The maximum absolute atomic E-state index is 2.70. The summed E-state index contributed by atoms with van der Waals surface area (Å²) in [6, 6.07) is 0. The van der Waals surface area contributed by atoms with Crippen LogP contribution in [-0.4, -0.2) is 0 Å². The van der Waals surface area contributed by atoms with Gasteiger partial charge in [-0.1, -0.05) is 120 Å². The summed E-state index contributed by atoms with van der Waals surface area (Å²) >= 11 is 0. The quantitative estimate of drug-likeness (QED) is 0.295. The van der Waals surface area contributed by atoms with E-state index in [1.165, 1.54) is 89.9 Å². The zero-order valence-electron chi connectivity index (χ0n) is 22.4. The Morgan fingerprint density at radius 2 is 1.30 bits per heavy atom. The van der Waals surface area contributed by atoms with Crippen molar-refractivity contribution in [1.29, 1.82) is 0 Å². The molecule has 2 saturated carbocycles. The maximum atomic E-state index is 2.70. The molecule has 2 rings (SSSR count). The second kappa shape index (κ2) is 11.7. The van der Waals surface area contributed by atoms with E-state index < -0.39 is 0 Å². The molecule has 0 heterocycles. The third-order valence-electron chi connectivity index (χ3n) is 9.80. The molecule has 0 spiro atoms. The normalized spacial score (nSPS) is 33.3. The highest BCUT2D eigenvalue weighted by molar-refractivity contribution is 5.02. The Bertz CT molecular complexity index is 474. The van der Waals surface area contributed by atoms with Gasteiger partial charge >= 0.3 is 0 Å². The third-order valence-corrected chi connectivity index (χ3v) is 9.80. The number of hydrogen-bond acceptors (Lipinski definition) is 0. The fourth-order valence-corrected chi connectivity index (χ4v) is 7.89. The molecule has 0 N–H and O–H groups in total. The van der Waals surface area contributed by atoms with Gasteiger partial charge in [0.15, 0.2) is 0 Å². The molecule has 0 nitrogen and oxygen atoms in total. The van der Waals surface area contributed by atoms with Gasteiger partial charge in [0.25, 0.3) is 0 Å². The Labute approximate surface area is 191 Å². The molecule has 3 unspecified atom stereocenters. The summed E-state index contributed by atoms with van der Waals surface area (Å²) in [5, 5.41) is 0. The Hall–Kier alpha value is 0. The van der Waals surface area contributed by atoms with Crippen LogP contribution in [0.2, 0.25) is 0 Å². The molecule has 2 aliphatic rings. The highest BCUT2D eigenvalue weighted by atomic mass is 14.6. The molecule has 0 aromatic heterocycles. The molecule has 0 radical (unpaired) electrons. The molecule has 0 aromatic rings. The number of rotatable bonds is 12. The summed E-state index contributed by atoms with van der Waals surface area (Å²) in [5.74, 6) is 5.63. The van der Waals surface area contributed by atoms with Crippen LogP contribution in [-0.2, 0) is 0 Å². The fourth-order valence-electron chi connectivity index (χ4n) is 7.89. The van der Waals surface area contributed by atoms with Crippen molar-refractivity contribution in [2.75, 3.05) is 0 Å². The molecule has 178 valence electrons. The molecule has 2 aliphatic carbocycles. The van der Waals surface area contributed by atoms with Crippen LogP contribution in [0.3, 0.4) is 0 Å². The van der Waals surface area contributed by atoms with Gasteiger partial charge in [-0.25, -0.2) is 0 Å². The molecule has 0 bridgehead atoms. The van der Waals surface area contributed by atoms with Gasteiger partial charge in [0, 0.05) is 0 Å². The van der Waals surface area contributed by atoms with Crippen LogP contribution in [0.25, 0.3) is 0 Å². The first-order valence-electron chi connectivity index (χ1n) is 14.1. The third kappa shape index (κ3) is 7.27. The van der Waals surface area contributed by atoms with Gasteiger partial charge in [-0.05, 0) is 72.0 Å². The average Bonchev–Trinajstić information content (AvgIpc) is 2.63. The van der Waals surface area contributed by atoms with E-state index in [0.29, 0.717) is 10.8 Å². The summed E-state index contributed by atoms with van der Waals surface area (Å²) in [7, 11) is 0. The second-order valence-electron chi connectivity index (χ2n) is 13.5. The van der Waals surface area contributed by atoms with Crippen LogP contribution in [0.5, 0.6) is 0 Å². The first-order chi connectivity index (χ1) is 14.1. The Morgan fingerprint density at radius 1 is 0.733 bits per heavy atom. The van der Waals surface area contributed by atoms with Crippen molar-refractivity contribution < 1.29 is 0 Å². The predicted molar refractivity (Wildman–Crippen MR) is 136 cm³/mol. The highest BCUT2D eigenvalue weighted by Crippen LogP contribution is 2.62. The summed E-state index contributed by atoms with van der Waals surface area (Å²) in [6.07, 6.45) is 20.5. The van der Waals surface area contributed by atoms with Crippen LogP contribution in [0, 0.1) is 46.3 Å². The molecule has 0 aliphatic heterocycles. The van der Waals surface area contributed by atoms with Gasteiger partial charge in [-0.3, -0.25) is 0 Å². The summed E-state index contributed by atoms with van der Waals surface area (Å²) in [4.78, 5) is 0. The van der Waals surface area contributed by atoms with Gasteiger partial charge < -0.3 is 0 Å². The van der Waals surface area contributed by atoms with Crippen molar-refractivity contribution in [1.82, 2.24) is 0 Å². The van der Waals surface area contributed by atoms with Gasteiger partial charge in [0.05, 0.1) is 0 Å². The number of hydrogen-bond donors (Lipinski definition) is 0. The van der Waals surface area contributed by atoms with E-state index in [4.69, 9.17) is 0 Å². The highest BCUT2D eigenvalue weighted by Gasteiger charge is 2.53. The smallest absolute Gasteiger partial charge is 0.0262 e. The van der Waals surface area contributed by atoms with Gasteiger partial charge in [0.2, 0.25) is 0 Å². The molecule has 0 aromatic carbocycles. The van der Waals surface area contributed by atoms with Crippen LogP contribution in [0.15, 0.2) is 0 Å². The SMILES string of the molecule is CC(C)CCCC(C)CCCC(C)CCC[C@H]1[C@@H](C)CCC2C(C)(C)CCC[C@@]21C. The minimum atomic E-state index is 0.574. The number of fused-ring (bicyclic) bond motifs is 1. The standard InChI is InChI=1S/C30H58/c1-23(2)13-9-14-24(3)15-10-16-25(4)17-11-18-27-26(5)19-20-28-29(6,7)21-12-22-30(27,28)8/h23-28H,9-22H2,1-8H3/t24?,25?,26-,27-,28?,30+/m0/s1. The summed E-state index contributed by atoms with van der Waals surface area (Å²) < 4.78 is 0. The van der Waals surface area contributed by atoms with Crippen LogP contribution < -0.4 is 0 Å². The van der Waals surface area contributed by atoms with E-state index in [1.807, 2.05) is 0 Å². The molecular formula is C30H58. The van der Waals surface area contributed by atoms with Gasteiger partial charge in [-0.2, -0.15) is 0 Å². The fraction of sp³-hybridized carbons (Fsp3) is 1.00. The monoisotopic (exact) mass is 418 g/mol. The van der Waals surface area contributed by atoms with Crippen molar-refractivity contribution >= 4 is 0 Å². The van der Waals surface area contributed by atoms with Gasteiger partial charge in [-0.15, -0.1) is 0 Å².